The fraction of sp³-hybridized carbons (Fsp3) is 0.120. The van der Waals surface area contributed by atoms with Crippen molar-refractivity contribution in [2.24, 2.45) is 0 Å². The Morgan fingerprint density at radius 2 is 0.593 bits per heavy atom. The quantitative estimate of drug-likeness (QED) is 0.154. The molecule has 11 aromatic carbocycles. The lowest BCUT2D eigenvalue weighted by Crippen LogP contribution is -2.75. The second kappa shape index (κ2) is 17.9. The van der Waals surface area contributed by atoms with E-state index in [-0.39, 0.29) is 18.5 Å². The summed E-state index contributed by atoms with van der Waals surface area (Å²) in [7, 11) is -5.67. The SMILES string of the molecule is CC(C)c1cc(C(C)C)c(B2c3cccc(N4c5ccccc5[Si]5(c6ccccc6-c6ccccc65)c5ccccc54)c3Oc3c2cccc3N2c3ccccc3[Si]3(c4ccccc4-c4ccccc43)c3ccccc32)c(C(C)C)c1. The third-order valence-electron chi connectivity index (χ3n) is 18.9. The van der Waals surface area contributed by atoms with Crippen molar-refractivity contribution in [3.8, 4) is 33.8 Å². The molecule has 0 amide bonds. The van der Waals surface area contributed by atoms with Crippen molar-refractivity contribution in [3.63, 3.8) is 0 Å². The Morgan fingerprint density at radius 3 is 0.901 bits per heavy atom. The fourth-order valence-electron chi connectivity index (χ4n) is 15.7. The van der Waals surface area contributed by atoms with Crippen LogP contribution in [0.3, 0.4) is 0 Å². The molecule has 388 valence electrons. The Morgan fingerprint density at radius 1 is 0.309 bits per heavy atom. The molecule has 0 aromatic heterocycles. The van der Waals surface area contributed by atoms with Crippen molar-refractivity contribution < 1.29 is 4.74 Å². The Bertz CT molecular complexity index is 3980. The second-order valence-electron chi connectivity index (χ2n) is 23.9. The zero-order chi connectivity index (χ0) is 54.5. The zero-order valence-corrected chi connectivity index (χ0v) is 48.7. The van der Waals surface area contributed by atoms with E-state index in [0.717, 1.165) is 22.9 Å². The van der Waals surface area contributed by atoms with Crippen molar-refractivity contribution in [2.45, 2.75) is 59.3 Å². The summed E-state index contributed by atoms with van der Waals surface area (Å²) in [5, 5.41) is 11.4. The number of hydrogen-bond donors (Lipinski definition) is 0. The van der Waals surface area contributed by atoms with E-state index >= 15 is 0 Å². The van der Waals surface area contributed by atoms with Gasteiger partial charge in [-0.15, -0.1) is 0 Å². The third-order valence-corrected chi connectivity index (χ3v) is 28.8. The highest BCUT2D eigenvalue weighted by molar-refractivity contribution is 7.24. The number of fused-ring (bicyclic) bond motifs is 20. The summed E-state index contributed by atoms with van der Waals surface area (Å²) in [6.07, 6.45) is 0. The molecule has 81 heavy (non-hydrogen) atoms. The van der Waals surface area contributed by atoms with Crippen LogP contribution in [0.2, 0.25) is 0 Å². The van der Waals surface area contributed by atoms with E-state index in [1.54, 1.807) is 0 Å². The molecule has 0 N–H and O–H groups in total. The van der Waals surface area contributed by atoms with E-state index in [0.29, 0.717) is 5.92 Å². The molecule has 6 heteroatoms. The Labute approximate surface area is 478 Å². The van der Waals surface area contributed by atoms with Crippen LogP contribution in [0.4, 0.5) is 34.1 Å². The maximum atomic E-state index is 8.12. The Hall–Kier alpha value is -8.68. The molecule has 0 fully saturated rings. The van der Waals surface area contributed by atoms with Crippen LogP contribution in [0.1, 0.15) is 76.0 Å². The van der Waals surface area contributed by atoms with Gasteiger partial charge in [-0.05, 0) is 146 Å². The maximum absolute atomic E-state index is 8.12. The van der Waals surface area contributed by atoms with Gasteiger partial charge in [-0.3, -0.25) is 0 Å². The van der Waals surface area contributed by atoms with Crippen LogP contribution in [0.5, 0.6) is 11.5 Å². The number of anilines is 6. The van der Waals surface area contributed by atoms with Gasteiger partial charge in [-0.1, -0.05) is 253 Å². The van der Waals surface area contributed by atoms with Gasteiger partial charge in [0.1, 0.15) is 11.5 Å². The molecule has 0 radical (unpaired) electrons. The minimum atomic E-state index is -2.83. The molecule has 3 nitrogen and oxygen atoms in total. The predicted octanol–water partition coefficient (Wildman–Crippen LogP) is 12.0. The first-order valence-electron chi connectivity index (χ1n) is 29.2. The standard InChI is InChI=1S/C75H61BN2OSi2/c1-47(2)50-45-55(48(3)4)73(56(46-50)49(5)6)76-57-29-23-35-63(77-59-31-11-19-41-69(59)80(70-42-20-12-32-60(70)77)65-37-15-7-25-51(65)52-26-8-16-38-66(52)80)74(57)79-75-58(76)30-24-36-64(75)78-61-33-13-21-43-71(61)81(72-44-22-14-34-62(72)78)67-39-17-9-27-53(67)54-28-10-18-40-68(54)81/h7-49H,1-6H3. The number of ether oxygens (including phenoxy) is 1. The lowest BCUT2D eigenvalue weighted by atomic mass is 9.33. The zero-order valence-electron chi connectivity index (χ0n) is 46.7. The average molecular weight is 1070 g/mol. The fourth-order valence-corrected chi connectivity index (χ4v) is 26.7. The second-order valence-corrected chi connectivity index (χ2v) is 31.2. The maximum Gasteiger partial charge on any atom is 0.251 e. The molecule has 0 unspecified atom stereocenters. The topological polar surface area (TPSA) is 15.7 Å². The summed E-state index contributed by atoms with van der Waals surface area (Å²) in [6, 6.07) is 93.4. The third kappa shape index (κ3) is 6.40. The van der Waals surface area contributed by atoms with E-state index in [2.05, 4.69) is 294 Å². The Kier molecular flexibility index (Phi) is 10.7. The van der Waals surface area contributed by atoms with Crippen LogP contribution in [0, 0.1) is 0 Å². The van der Waals surface area contributed by atoms with Gasteiger partial charge in [-0.25, -0.2) is 0 Å². The van der Waals surface area contributed by atoms with Crippen molar-refractivity contribution in [2.75, 3.05) is 9.80 Å². The molecular formula is C75H61BN2OSi2. The van der Waals surface area contributed by atoms with E-state index in [4.69, 9.17) is 4.74 Å². The summed E-state index contributed by atoms with van der Waals surface area (Å²) in [5.74, 6) is 2.73. The van der Waals surface area contributed by atoms with Crippen molar-refractivity contribution in [1.29, 1.82) is 0 Å². The first-order chi connectivity index (χ1) is 39.7. The number of para-hydroxylation sites is 6. The monoisotopic (exact) mass is 1070 g/mol. The summed E-state index contributed by atoms with van der Waals surface area (Å²) in [5.41, 5.74) is 20.3. The number of benzene rings is 11. The number of nitrogens with zero attached hydrogens (tertiary/aromatic N) is 2. The highest BCUT2D eigenvalue weighted by atomic mass is 28.3. The van der Waals surface area contributed by atoms with Crippen LogP contribution >= 0.6 is 0 Å². The van der Waals surface area contributed by atoms with Crippen LogP contribution in [0.25, 0.3) is 22.3 Å². The highest BCUT2D eigenvalue weighted by Gasteiger charge is 2.56. The van der Waals surface area contributed by atoms with Crippen molar-refractivity contribution in [3.05, 3.63) is 259 Å². The molecule has 0 aliphatic carbocycles. The molecular weight excluding hydrogens is 1010 g/mol. The van der Waals surface area contributed by atoms with Crippen LogP contribution < -0.4 is 72.4 Å². The van der Waals surface area contributed by atoms with Crippen LogP contribution in [-0.2, 0) is 0 Å². The van der Waals surface area contributed by atoms with E-state index in [1.165, 1.54) is 120 Å². The molecule has 16 rings (SSSR count). The van der Waals surface area contributed by atoms with Crippen molar-refractivity contribution in [1.82, 2.24) is 0 Å². The lowest BCUT2D eigenvalue weighted by Gasteiger charge is -2.45. The smallest absolute Gasteiger partial charge is 0.251 e. The summed E-state index contributed by atoms with van der Waals surface area (Å²) >= 11 is 0. The van der Waals surface area contributed by atoms with E-state index < -0.39 is 16.1 Å². The van der Waals surface area contributed by atoms with Gasteiger partial charge in [-0.2, -0.15) is 0 Å². The highest BCUT2D eigenvalue weighted by Crippen LogP contribution is 2.50. The van der Waals surface area contributed by atoms with Crippen LogP contribution in [0.15, 0.2) is 243 Å². The molecule has 5 aliphatic heterocycles. The number of hydrogen-bond acceptors (Lipinski definition) is 3. The molecule has 2 spiro atoms. The van der Waals surface area contributed by atoms with E-state index in [1.807, 2.05) is 0 Å². The minimum Gasteiger partial charge on any atom is -0.454 e. The molecule has 5 heterocycles. The number of rotatable bonds is 6. The van der Waals surface area contributed by atoms with E-state index in [9.17, 15) is 0 Å². The normalized spacial score (nSPS) is 14.9. The van der Waals surface area contributed by atoms with Gasteiger partial charge in [0.25, 0.3) is 6.71 Å². The van der Waals surface area contributed by atoms with Gasteiger partial charge < -0.3 is 14.5 Å². The molecule has 11 aromatic rings. The molecule has 5 aliphatic rings. The van der Waals surface area contributed by atoms with Crippen molar-refractivity contribution >= 4 is 115 Å². The minimum absolute atomic E-state index is 0.145. The van der Waals surface area contributed by atoms with Gasteiger partial charge in [0, 0.05) is 22.7 Å². The molecule has 0 atom stereocenters. The summed E-state index contributed by atoms with van der Waals surface area (Å²) in [4.78, 5) is 5.14. The first-order valence-corrected chi connectivity index (χ1v) is 33.2. The van der Waals surface area contributed by atoms with Gasteiger partial charge >= 0.3 is 0 Å². The van der Waals surface area contributed by atoms with Gasteiger partial charge in [0.15, 0.2) is 16.1 Å². The summed E-state index contributed by atoms with van der Waals surface area (Å²) < 4.78 is 8.12. The predicted molar refractivity (Wildman–Crippen MR) is 348 cm³/mol. The Balaban J connectivity index is 0.980. The lowest BCUT2D eigenvalue weighted by molar-refractivity contribution is 0.489. The average Bonchev–Trinajstić information content (AvgIpc) is 2.89. The largest absolute Gasteiger partial charge is 0.454 e. The molecule has 0 saturated carbocycles. The molecule has 0 saturated heterocycles. The summed E-state index contributed by atoms with van der Waals surface area (Å²) in [6.45, 7) is 14.1. The van der Waals surface area contributed by atoms with Crippen LogP contribution in [-0.4, -0.2) is 22.9 Å². The van der Waals surface area contributed by atoms with Gasteiger partial charge in [0.05, 0.1) is 11.4 Å². The first kappa shape index (κ1) is 48.2. The van der Waals surface area contributed by atoms with Gasteiger partial charge in [0.2, 0.25) is 0 Å². The molecule has 0 bridgehead atoms.